The average molecular weight is 459 g/mol. The summed E-state index contributed by atoms with van der Waals surface area (Å²) in [6.45, 7) is 3.69. The third kappa shape index (κ3) is 4.20. The smallest absolute Gasteiger partial charge is 0.176 e. The second kappa shape index (κ2) is 8.46. The molecule has 0 aliphatic carbocycles. The molecule has 1 saturated heterocycles. The Bertz CT molecular complexity index is 896. The van der Waals surface area contributed by atoms with Gasteiger partial charge in [-0.1, -0.05) is 40.2 Å². The van der Waals surface area contributed by atoms with Gasteiger partial charge in [-0.15, -0.1) is 0 Å². The lowest BCUT2D eigenvalue weighted by molar-refractivity contribution is -0.114. The molecule has 2 aromatic rings. The molecule has 4 nitrogen and oxygen atoms in total. The van der Waals surface area contributed by atoms with Gasteiger partial charge in [0.2, 0.25) is 0 Å². The van der Waals surface area contributed by atoms with Crippen molar-refractivity contribution in [2.45, 2.75) is 23.8 Å². The highest BCUT2D eigenvalue weighted by atomic mass is 79.9. The molecule has 1 atom stereocenters. The summed E-state index contributed by atoms with van der Waals surface area (Å²) in [4.78, 5) is 28.7. The van der Waals surface area contributed by atoms with E-state index < -0.39 is 4.45 Å². The van der Waals surface area contributed by atoms with Crippen LogP contribution >= 0.6 is 15.9 Å². The van der Waals surface area contributed by atoms with Crippen molar-refractivity contribution in [3.05, 3.63) is 71.0 Å². The van der Waals surface area contributed by atoms with Gasteiger partial charge < -0.3 is 0 Å². The highest BCUT2D eigenvalue weighted by molar-refractivity contribution is 9.10. The Balaban J connectivity index is 1.32. The Morgan fingerprint density at radius 2 is 1.83 bits per heavy atom. The number of Topliss-reactive ketones (excluding diaryl/α,β-unsaturated/α-hetero) is 1. The van der Waals surface area contributed by atoms with Crippen LogP contribution in [0, 0.1) is 11.7 Å². The summed E-state index contributed by atoms with van der Waals surface area (Å²) in [5.41, 5.74) is 2.79. The summed E-state index contributed by atoms with van der Waals surface area (Å²) in [5.74, 6) is 0.182. The zero-order valence-corrected chi connectivity index (χ0v) is 17.8. The third-order valence-corrected chi connectivity index (χ3v) is 7.21. The van der Waals surface area contributed by atoms with Crippen LogP contribution in [0.4, 0.5) is 4.39 Å². The van der Waals surface area contributed by atoms with Crippen LogP contribution in [0.1, 0.15) is 34.3 Å². The number of carbonyl (C=O) groups excluding carboxylic acids is 2. The molecule has 1 unspecified atom stereocenters. The van der Waals surface area contributed by atoms with E-state index in [4.69, 9.17) is 0 Å². The van der Waals surface area contributed by atoms with E-state index in [-0.39, 0.29) is 11.6 Å². The Labute approximate surface area is 178 Å². The van der Waals surface area contributed by atoms with Crippen molar-refractivity contribution >= 4 is 28.0 Å². The van der Waals surface area contributed by atoms with E-state index in [9.17, 15) is 14.0 Å². The monoisotopic (exact) mass is 458 g/mol. The number of piperidine rings is 1. The summed E-state index contributed by atoms with van der Waals surface area (Å²) in [6.07, 6.45) is 2.98. The van der Waals surface area contributed by atoms with Crippen LogP contribution in [0.5, 0.6) is 0 Å². The van der Waals surface area contributed by atoms with Gasteiger partial charge in [0.25, 0.3) is 0 Å². The van der Waals surface area contributed by atoms with Crippen molar-refractivity contribution in [3.8, 4) is 0 Å². The standard InChI is InChI=1S/C23H24BrFN2O2/c24-23(16-28)21-4-2-1-3-19(21)14-27(23)13-17-9-11-26(12-10-17)15-22(29)18-5-7-20(25)8-6-18/h1-8,16-17H,9-15H2. The highest BCUT2D eigenvalue weighted by Crippen LogP contribution is 2.43. The first-order chi connectivity index (χ1) is 14.0. The third-order valence-electron chi connectivity index (χ3n) is 6.09. The minimum Gasteiger partial charge on any atom is -0.300 e. The van der Waals surface area contributed by atoms with Gasteiger partial charge in [-0.25, -0.2) is 4.39 Å². The predicted octanol–water partition coefficient (Wildman–Crippen LogP) is 3.98. The van der Waals surface area contributed by atoms with Crippen molar-refractivity contribution in [1.82, 2.24) is 9.80 Å². The van der Waals surface area contributed by atoms with E-state index >= 15 is 0 Å². The number of alkyl halides is 1. The second-order valence-electron chi connectivity index (χ2n) is 7.98. The van der Waals surface area contributed by atoms with Gasteiger partial charge in [0.15, 0.2) is 16.5 Å². The predicted molar refractivity (Wildman–Crippen MR) is 113 cm³/mol. The van der Waals surface area contributed by atoms with E-state index in [2.05, 4.69) is 31.8 Å². The molecule has 0 saturated carbocycles. The van der Waals surface area contributed by atoms with Crippen molar-refractivity contribution < 1.29 is 14.0 Å². The molecule has 152 valence electrons. The Morgan fingerprint density at radius 3 is 2.52 bits per heavy atom. The Hall–Kier alpha value is -1.89. The van der Waals surface area contributed by atoms with Crippen LogP contribution in [-0.2, 0) is 15.8 Å². The van der Waals surface area contributed by atoms with Gasteiger partial charge >= 0.3 is 0 Å². The molecule has 0 aromatic heterocycles. The van der Waals surface area contributed by atoms with Crippen LogP contribution in [0.2, 0.25) is 0 Å². The number of fused-ring (bicyclic) bond motifs is 1. The van der Waals surface area contributed by atoms with E-state index in [0.717, 1.165) is 50.9 Å². The van der Waals surface area contributed by atoms with Crippen LogP contribution < -0.4 is 0 Å². The number of hydrogen-bond donors (Lipinski definition) is 0. The molecule has 2 aliphatic rings. The van der Waals surface area contributed by atoms with Crippen molar-refractivity contribution in [2.24, 2.45) is 5.92 Å². The summed E-state index contributed by atoms with van der Waals surface area (Å²) in [7, 11) is 0. The molecule has 0 spiro atoms. The van der Waals surface area contributed by atoms with Gasteiger partial charge in [0, 0.05) is 18.7 Å². The van der Waals surface area contributed by atoms with Crippen LogP contribution in [0.25, 0.3) is 0 Å². The molecule has 0 radical (unpaired) electrons. The largest absolute Gasteiger partial charge is 0.300 e. The molecule has 29 heavy (non-hydrogen) atoms. The number of carbonyl (C=O) groups is 2. The molecule has 2 aliphatic heterocycles. The lowest BCUT2D eigenvalue weighted by Crippen LogP contribution is -2.44. The molecule has 1 fully saturated rings. The fraction of sp³-hybridized carbons (Fsp3) is 0.391. The second-order valence-corrected chi connectivity index (χ2v) is 9.19. The first-order valence-corrected chi connectivity index (χ1v) is 10.8. The van der Waals surface area contributed by atoms with E-state index in [1.165, 1.54) is 17.7 Å². The fourth-order valence-corrected chi connectivity index (χ4v) is 5.05. The SMILES string of the molecule is O=CC1(Br)c2ccccc2CN1CC1CCN(CC(=O)c2ccc(F)cc2)CC1. The number of likely N-dealkylation sites (tertiary alicyclic amines) is 1. The van der Waals surface area contributed by atoms with Crippen molar-refractivity contribution in [2.75, 3.05) is 26.2 Å². The molecule has 6 heteroatoms. The van der Waals surface area contributed by atoms with Crippen molar-refractivity contribution in [3.63, 3.8) is 0 Å². The van der Waals surface area contributed by atoms with Crippen LogP contribution in [-0.4, -0.2) is 48.0 Å². The molecular formula is C23H24BrFN2O2. The lowest BCUT2D eigenvalue weighted by Gasteiger charge is -2.36. The summed E-state index contributed by atoms with van der Waals surface area (Å²) >= 11 is 3.69. The molecule has 2 heterocycles. The number of halogens is 2. The quantitative estimate of drug-likeness (QED) is 0.284. The maximum absolute atomic E-state index is 13.0. The number of rotatable bonds is 6. The van der Waals surface area contributed by atoms with Crippen LogP contribution in [0.15, 0.2) is 48.5 Å². The van der Waals surface area contributed by atoms with Gasteiger partial charge in [-0.3, -0.25) is 19.4 Å². The molecular weight excluding hydrogens is 435 g/mol. The van der Waals surface area contributed by atoms with Crippen molar-refractivity contribution in [1.29, 1.82) is 0 Å². The maximum atomic E-state index is 13.0. The van der Waals surface area contributed by atoms with Gasteiger partial charge in [0.1, 0.15) is 5.82 Å². The number of nitrogens with zero attached hydrogens (tertiary/aromatic N) is 2. The number of hydrogen-bond acceptors (Lipinski definition) is 4. The molecule has 0 bridgehead atoms. The highest BCUT2D eigenvalue weighted by Gasteiger charge is 2.43. The van der Waals surface area contributed by atoms with E-state index in [0.29, 0.717) is 18.0 Å². The molecule has 0 N–H and O–H groups in total. The zero-order chi connectivity index (χ0) is 20.4. The van der Waals surface area contributed by atoms with Gasteiger partial charge in [-0.05, 0) is 67.2 Å². The first-order valence-electron chi connectivity index (χ1n) is 9.99. The maximum Gasteiger partial charge on any atom is 0.176 e. The Kier molecular flexibility index (Phi) is 5.95. The van der Waals surface area contributed by atoms with Crippen LogP contribution in [0.3, 0.4) is 0 Å². The molecule has 4 rings (SSSR count). The molecule has 2 aromatic carbocycles. The number of benzene rings is 2. The zero-order valence-electron chi connectivity index (χ0n) is 16.2. The average Bonchev–Trinajstić information content (AvgIpc) is 3.02. The number of ketones is 1. The Morgan fingerprint density at radius 1 is 1.14 bits per heavy atom. The van der Waals surface area contributed by atoms with Gasteiger partial charge in [0.05, 0.1) is 6.54 Å². The fourth-order valence-electron chi connectivity index (χ4n) is 4.40. The lowest BCUT2D eigenvalue weighted by atomic mass is 9.95. The minimum absolute atomic E-state index is 0.0267. The first kappa shape index (κ1) is 20.4. The number of aldehydes is 1. The summed E-state index contributed by atoms with van der Waals surface area (Å²) < 4.78 is 12.3. The summed E-state index contributed by atoms with van der Waals surface area (Å²) in [5, 5.41) is 0. The minimum atomic E-state index is -0.737. The van der Waals surface area contributed by atoms with Gasteiger partial charge in [-0.2, -0.15) is 0 Å². The van der Waals surface area contributed by atoms with E-state index in [1.807, 2.05) is 18.2 Å². The topological polar surface area (TPSA) is 40.6 Å². The normalized spacial score (nSPS) is 23.1. The molecule has 0 amide bonds. The summed E-state index contributed by atoms with van der Waals surface area (Å²) in [6, 6.07) is 13.8. The van der Waals surface area contributed by atoms with E-state index in [1.54, 1.807) is 12.1 Å².